The fraction of sp³-hybridized carbons (Fsp3) is 0.100. The first-order valence-corrected chi connectivity index (χ1v) is 11.8. The first-order valence-electron chi connectivity index (χ1n) is 9.05. The van der Waals surface area contributed by atoms with E-state index in [0.29, 0.717) is 10.2 Å². The van der Waals surface area contributed by atoms with Gasteiger partial charge in [0.15, 0.2) is 0 Å². The molecule has 1 heterocycles. The standard InChI is InChI=1S/C20H16ClN5O2S2/c21-13-7-9-14(10-8-13)30(27,28)25-18-15-5-1-3-12-4-2-6-16(17(12)15)19(18)29-20-24-23-11-26(20)22/h1-11,18-19,25H,22H2/t18-,19-/m1/s1. The number of halogens is 1. The second kappa shape index (κ2) is 7.28. The zero-order valence-corrected chi connectivity index (χ0v) is 17.8. The largest absolute Gasteiger partial charge is 0.336 e. The van der Waals surface area contributed by atoms with E-state index in [0.717, 1.165) is 21.9 Å². The predicted octanol–water partition coefficient (Wildman–Crippen LogP) is 3.67. The van der Waals surface area contributed by atoms with Crippen LogP contribution in [0, 0.1) is 0 Å². The average molecular weight is 458 g/mol. The van der Waals surface area contributed by atoms with Crippen LogP contribution >= 0.6 is 23.4 Å². The molecule has 4 aromatic rings. The van der Waals surface area contributed by atoms with Crippen molar-refractivity contribution in [3.05, 3.63) is 83.1 Å². The molecule has 3 N–H and O–H groups in total. The zero-order valence-electron chi connectivity index (χ0n) is 15.4. The van der Waals surface area contributed by atoms with Crippen molar-refractivity contribution in [2.24, 2.45) is 0 Å². The summed E-state index contributed by atoms with van der Waals surface area (Å²) < 4.78 is 30.5. The molecule has 0 saturated heterocycles. The van der Waals surface area contributed by atoms with Gasteiger partial charge >= 0.3 is 0 Å². The molecule has 0 bridgehead atoms. The summed E-state index contributed by atoms with van der Waals surface area (Å²) in [7, 11) is -3.79. The highest BCUT2D eigenvalue weighted by Crippen LogP contribution is 2.52. The van der Waals surface area contributed by atoms with Gasteiger partial charge in [0.25, 0.3) is 0 Å². The molecule has 3 aromatic carbocycles. The molecule has 0 unspecified atom stereocenters. The predicted molar refractivity (Wildman–Crippen MR) is 117 cm³/mol. The van der Waals surface area contributed by atoms with E-state index in [9.17, 15) is 8.42 Å². The van der Waals surface area contributed by atoms with Crippen molar-refractivity contribution in [1.82, 2.24) is 19.6 Å². The van der Waals surface area contributed by atoms with Gasteiger partial charge in [-0.3, -0.25) is 0 Å². The fourth-order valence-corrected chi connectivity index (χ4v) is 6.38. The number of sulfonamides is 1. The molecule has 30 heavy (non-hydrogen) atoms. The van der Waals surface area contributed by atoms with Crippen molar-refractivity contribution in [2.75, 3.05) is 5.84 Å². The number of aromatic nitrogens is 3. The summed E-state index contributed by atoms with van der Waals surface area (Å²) >= 11 is 7.30. The number of nitrogen functional groups attached to an aromatic ring is 1. The van der Waals surface area contributed by atoms with Crippen molar-refractivity contribution in [3.8, 4) is 0 Å². The molecule has 1 aliphatic rings. The summed E-state index contributed by atoms with van der Waals surface area (Å²) in [5.74, 6) is 5.92. The molecule has 10 heteroatoms. The Balaban J connectivity index is 1.60. The van der Waals surface area contributed by atoms with Gasteiger partial charge in [-0.2, -0.15) is 0 Å². The van der Waals surface area contributed by atoms with Crippen LogP contribution in [0.4, 0.5) is 0 Å². The Morgan fingerprint density at radius 3 is 2.40 bits per heavy atom. The Morgan fingerprint density at radius 2 is 1.73 bits per heavy atom. The lowest BCUT2D eigenvalue weighted by atomic mass is 10.1. The third-order valence-corrected chi connectivity index (χ3v) is 8.08. The minimum absolute atomic E-state index is 0.153. The smallest absolute Gasteiger partial charge is 0.241 e. The summed E-state index contributed by atoms with van der Waals surface area (Å²) in [6, 6.07) is 17.5. The van der Waals surface area contributed by atoms with Crippen LogP contribution in [0.15, 0.2) is 77.0 Å². The summed E-state index contributed by atoms with van der Waals surface area (Å²) in [6.07, 6.45) is 1.41. The molecule has 0 saturated carbocycles. The van der Waals surface area contributed by atoms with Crippen LogP contribution < -0.4 is 10.6 Å². The van der Waals surface area contributed by atoms with Crippen molar-refractivity contribution in [2.45, 2.75) is 21.3 Å². The van der Waals surface area contributed by atoms with Crippen LogP contribution in [0.25, 0.3) is 10.8 Å². The Kier molecular flexibility index (Phi) is 4.70. The lowest BCUT2D eigenvalue weighted by molar-refractivity contribution is 0.557. The van der Waals surface area contributed by atoms with Crippen LogP contribution in [0.5, 0.6) is 0 Å². The molecule has 0 spiro atoms. The summed E-state index contributed by atoms with van der Waals surface area (Å²) in [4.78, 5) is 0.153. The second-order valence-corrected chi connectivity index (χ2v) is 10.2. The minimum atomic E-state index is -3.79. The molecule has 2 atom stereocenters. The third-order valence-electron chi connectivity index (χ3n) is 5.09. The Labute approximate surface area is 182 Å². The first kappa shape index (κ1) is 19.4. The van der Waals surface area contributed by atoms with Crippen molar-refractivity contribution < 1.29 is 8.42 Å². The summed E-state index contributed by atoms with van der Waals surface area (Å²) in [5, 5.41) is 10.7. The Morgan fingerprint density at radius 1 is 1.03 bits per heavy atom. The first-order chi connectivity index (χ1) is 14.4. The van der Waals surface area contributed by atoms with Crippen molar-refractivity contribution in [1.29, 1.82) is 0 Å². The number of nitrogens with zero attached hydrogens (tertiary/aromatic N) is 3. The molecule has 1 aromatic heterocycles. The number of hydrogen-bond donors (Lipinski definition) is 2. The highest BCUT2D eigenvalue weighted by Gasteiger charge is 2.38. The van der Waals surface area contributed by atoms with Gasteiger partial charge in [0.05, 0.1) is 16.2 Å². The average Bonchev–Trinajstić information content (AvgIpc) is 3.26. The SMILES string of the molecule is Nn1cnnc1S[C@@H]1c2cccc3cccc(c23)[C@H]1NS(=O)(=O)c1ccc(Cl)cc1. The molecule has 5 rings (SSSR count). The maximum atomic E-state index is 13.2. The van der Waals surface area contributed by atoms with Crippen LogP contribution in [-0.2, 0) is 10.0 Å². The molecule has 7 nitrogen and oxygen atoms in total. The number of hydrogen-bond acceptors (Lipinski definition) is 6. The van der Waals surface area contributed by atoms with Gasteiger partial charge in [-0.05, 0) is 46.2 Å². The van der Waals surface area contributed by atoms with Gasteiger partial charge in [-0.25, -0.2) is 17.8 Å². The zero-order chi connectivity index (χ0) is 20.9. The summed E-state index contributed by atoms with van der Waals surface area (Å²) in [6.45, 7) is 0. The number of benzene rings is 3. The van der Waals surface area contributed by atoms with E-state index in [1.54, 1.807) is 12.1 Å². The molecule has 1 aliphatic carbocycles. The quantitative estimate of drug-likeness (QED) is 0.443. The van der Waals surface area contributed by atoms with Crippen LogP contribution in [0.3, 0.4) is 0 Å². The third kappa shape index (κ3) is 3.24. The van der Waals surface area contributed by atoms with Crippen LogP contribution in [-0.4, -0.2) is 23.3 Å². The monoisotopic (exact) mass is 457 g/mol. The fourth-order valence-electron chi connectivity index (χ4n) is 3.77. The lowest BCUT2D eigenvalue weighted by Gasteiger charge is -2.22. The topological polar surface area (TPSA) is 103 Å². The van der Waals surface area contributed by atoms with E-state index in [2.05, 4.69) is 14.9 Å². The van der Waals surface area contributed by atoms with Gasteiger partial charge < -0.3 is 5.84 Å². The van der Waals surface area contributed by atoms with E-state index >= 15 is 0 Å². The van der Waals surface area contributed by atoms with Gasteiger partial charge in [-0.15, -0.1) is 10.2 Å². The highest BCUT2D eigenvalue weighted by molar-refractivity contribution is 7.99. The second-order valence-electron chi connectivity index (χ2n) is 6.90. The number of rotatable bonds is 5. The number of nitrogens with two attached hydrogens (primary N) is 1. The number of nitrogens with one attached hydrogen (secondary N) is 1. The molecule has 0 aliphatic heterocycles. The Bertz CT molecular complexity index is 1350. The molecule has 0 radical (unpaired) electrons. The number of thioether (sulfide) groups is 1. The minimum Gasteiger partial charge on any atom is -0.336 e. The van der Waals surface area contributed by atoms with Crippen LogP contribution in [0.1, 0.15) is 22.4 Å². The lowest BCUT2D eigenvalue weighted by Crippen LogP contribution is -2.30. The maximum Gasteiger partial charge on any atom is 0.241 e. The molecule has 0 fully saturated rings. The van der Waals surface area contributed by atoms with Gasteiger partial charge in [-0.1, -0.05) is 59.8 Å². The van der Waals surface area contributed by atoms with E-state index in [4.69, 9.17) is 17.4 Å². The van der Waals surface area contributed by atoms with Gasteiger partial charge in [0, 0.05) is 5.02 Å². The van der Waals surface area contributed by atoms with E-state index < -0.39 is 16.1 Å². The molecular weight excluding hydrogens is 442 g/mol. The maximum absolute atomic E-state index is 13.2. The van der Waals surface area contributed by atoms with E-state index in [1.165, 1.54) is 34.9 Å². The van der Waals surface area contributed by atoms with E-state index in [1.807, 2.05) is 36.4 Å². The summed E-state index contributed by atoms with van der Waals surface area (Å²) in [5.41, 5.74) is 1.95. The van der Waals surface area contributed by atoms with Crippen LogP contribution in [0.2, 0.25) is 5.02 Å². The van der Waals surface area contributed by atoms with E-state index in [-0.39, 0.29) is 10.1 Å². The molecular formula is C20H16ClN5O2S2. The highest BCUT2D eigenvalue weighted by atomic mass is 35.5. The van der Waals surface area contributed by atoms with Gasteiger partial charge in [0.2, 0.25) is 15.2 Å². The Hall–Kier alpha value is -2.59. The van der Waals surface area contributed by atoms with Crippen molar-refractivity contribution in [3.63, 3.8) is 0 Å². The molecule has 152 valence electrons. The van der Waals surface area contributed by atoms with Gasteiger partial charge in [0.1, 0.15) is 6.33 Å². The normalized spacial score (nSPS) is 18.2. The molecule has 0 amide bonds. The van der Waals surface area contributed by atoms with Crippen molar-refractivity contribution >= 4 is 44.2 Å².